The SMILES string of the molecule is COc1c(C#N)cccc1C(C)CNc1cc(-c2ccc(C)nc2)ncn1. The summed E-state index contributed by atoms with van der Waals surface area (Å²) in [5, 5.41) is 12.6. The third kappa shape index (κ3) is 4.21. The number of para-hydroxylation sites is 1. The molecule has 0 amide bonds. The van der Waals surface area contributed by atoms with Gasteiger partial charge in [-0.15, -0.1) is 0 Å². The Kier molecular flexibility index (Phi) is 5.62. The van der Waals surface area contributed by atoms with Crippen molar-refractivity contribution in [2.45, 2.75) is 19.8 Å². The zero-order valence-electron chi connectivity index (χ0n) is 15.6. The lowest BCUT2D eigenvalue weighted by Crippen LogP contribution is -2.12. The minimum Gasteiger partial charge on any atom is -0.495 e. The van der Waals surface area contributed by atoms with E-state index in [9.17, 15) is 5.26 Å². The molecule has 0 saturated carbocycles. The van der Waals surface area contributed by atoms with Gasteiger partial charge in [-0.3, -0.25) is 4.98 Å². The molecular formula is C21H21N5O. The van der Waals surface area contributed by atoms with Gasteiger partial charge in [-0.05, 0) is 25.1 Å². The summed E-state index contributed by atoms with van der Waals surface area (Å²) < 4.78 is 5.44. The topological polar surface area (TPSA) is 83.7 Å². The van der Waals surface area contributed by atoms with Crippen molar-refractivity contribution in [2.75, 3.05) is 19.0 Å². The van der Waals surface area contributed by atoms with Crippen LogP contribution in [0.5, 0.6) is 5.75 Å². The molecule has 0 spiro atoms. The Hall–Kier alpha value is -3.46. The number of aromatic nitrogens is 3. The molecule has 0 fully saturated rings. The van der Waals surface area contributed by atoms with E-state index in [4.69, 9.17) is 4.74 Å². The normalized spacial score (nSPS) is 11.5. The summed E-state index contributed by atoms with van der Waals surface area (Å²) in [6.07, 6.45) is 3.35. The van der Waals surface area contributed by atoms with Gasteiger partial charge in [0.05, 0.1) is 18.4 Å². The molecule has 0 bridgehead atoms. The first-order chi connectivity index (χ1) is 13.1. The van der Waals surface area contributed by atoms with E-state index in [0.29, 0.717) is 17.9 Å². The molecule has 1 N–H and O–H groups in total. The van der Waals surface area contributed by atoms with Crippen LogP contribution in [0, 0.1) is 18.3 Å². The van der Waals surface area contributed by atoms with Crippen LogP contribution in [0.15, 0.2) is 48.9 Å². The van der Waals surface area contributed by atoms with Crippen molar-refractivity contribution in [1.82, 2.24) is 15.0 Å². The number of hydrogen-bond donors (Lipinski definition) is 1. The van der Waals surface area contributed by atoms with Crippen LogP contribution in [0.1, 0.15) is 29.7 Å². The minimum atomic E-state index is 0.132. The summed E-state index contributed by atoms with van der Waals surface area (Å²) in [7, 11) is 1.59. The third-order valence-electron chi connectivity index (χ3n) is 4.36. The van der Waals surface area contributed by atoms with Crippen molar-refractivity contribution in [2.24, 2.45) is 0 Å². The molecular weight excluding hydrogens is 338 g/mol. The highest BCUT2D eigenvalue weighted by molar-refractivity contribution is 5.61. The van der Waals surface area contributed by atoms with Crippen molar-refractivity contribution < 1.29 is 4.74 Å². The fourth-order valence-corrected chi connectivity index (χ4v) is 2.86. The van der Waals surface area contributed by atoms with E-state index in [1.54, 1.807) is 19.5 Å². The first-order valence-corrected chi connectivity index (χ1v) is 8.68. The second-order valence-electron chi connectivity index (χ2n) is 6.30. The third-order valence-corrected chi connectivity index (χ3v) is 4.36. The molecule has 6 heteroatoms. The second-order valence-corrected chi connectivity index (χ2v) is 6.30. The predicted octanol–water partition coefficient (Wildman–Crippen LogP) is 3.94. The van der Waals surface area contributed by atoms with Gasteiger partial charge in [-0.2, -0.15) is 5.26 Å². The minimum absolute atomic E-state index is 0.132. The Balaban J connectivity index is 1.75. The summed E-state index contributed by atoms with van der Waals surface area (Å²) in [5.74, 6) is 1.50. The summed E-state index contributed by atoms with van der Waals surface area (Å²) in [5.41, 5.74) is 4.26. The average molecular weight is 359 g/mol. The highest BCUT2D eigenvalue weighted by Gasteiger charge is 2.15. The monoisotopic (exact) mass is 359 g/mol. The number of anilines is 1. The smallest absolute Gasteiger partial charge is 0.140 e. The van der Waals surface area contributed by atoms with Crippen molar-refractivity contribution in [1.29, 1.82) is 5.26 Å². The summed E-state index contributed by atoms with van der Waals surface area (Å²) in [4.78, 5) is 12.9. The molecule has 0 radical (unpaired) electrons. The van der Waals surface area contributed by atoms with Crippen LogP contribution >= 0.6 is 0 Å². The molecule has 0 saturated heterocycles. The Morgan fingerprint density at radius 3 is 2.74 bits per heavy atom. The van der Waals surface area contributed by atoms with Crippen LogP contribution in [-0.2, 0) is 0 Å². The van der Waals surface area contributed by atoms with Gasteiger partial charge < -0.3 is 10.1 Å². The van der Waals surface area contributed by atoms with Gasteiger partial charge in [0.25, 0.3) is 0 Å². The summed E-state index contributed by atoms with van der Waals surface area (Å²) in [6, 6.07) is 13.6. The number of ether oxygens (including phenoxy) is 1. The number of pyridine rings is 1. The quantitative estimate of drug-likeness (QED) is 0.717. The van der Waals surface area contributed by atoms with E-state index in [1.165, 1.54) is 0 Å². The van der Waals surface area contributed by atoms with Crippen molar-refractivity contribution in [3.05, 3.63) is 65.7 Å². The number of rotatable bonds is 6. The molecule has 136 valence electrons. The standard InChI is InChI=1S/C21H21N5O/c1-14(18-6-4-5-16(10-22)21(18)27-3)11-24-20-9-19(25-13-26-20)17-8-7-15(2)23-12-17/h4-9,12-14H,11H2,1-3H3,(H,24,25,26). The van der Waals surface area contributed by atoms with E-state index in [-0.39, 0.29) is 5.92 Å². The lowest BCUT2D eigenvalue weighted by Gasteiger charge is -2.17. The van der Waals surface area contributed by atoms with Gasteiger partial charge in [0.15, 0.2) is 0 Å². The van der Waals surface area contributed by atoms with Gasteiger partial charge in [-0.25, -0.2) is 9.97 Å². The molecule has 2 heterocycles. The maximum absolute atomic E-state index is 9.25. The fourth-order valence-electron chi connectivity index (χ4n) is 2.86. The number of nitriles is 1. The van der Waals surface area contributed by atoms with Crippen molar-refractivity contribution in [3.63, 3.8) is 0 Å². The van der Waals surface area contributed by atoms with E-state index < -0.39 is 0 Å². The molecule has 2 aromatic heterocycles. The first kappa shape index (κ1) is 18.3. The average Bonchev–Trinajstić information content (AvgIpc) is 2.72. The van der Waals surface area contributed by atoms with Gasteiger partial charge in [0, 0.05) is 41.5 Å². The molecule has 0 aliphatic carbocycles. The van der Waals surface area contributed by atoms with Crippen molar-refractivity contribution >= 4 is 5.82 Å². The molecule has 3 aromatic rings. The fraction of sp³-hybridized carbons (Fsp3) is 0.238. The van der Waals surface area contributed by atoms with Crippen LogP contribution < -0.4 is 10.1 Å². The Bertz CT molecular complexity index is 963. The Labute approximate surface area is 158 Å². The number of hydrogen-bond acceptors (Lipinski definition) is 6. The number of benzene rings is 1. The van der Waals surface area contributed by atoms with Gasteiger partial charge in [0.2, 0.25) is 0 Å². The number of nitrogens with one attached hydrogen (secondary N) is 1. The Morgan fingerprint density at radius 1 is 1.19 bits per heavy atom. The molecule has 27 heavy (non-hydrogen) atoms. The maximum Gasteiger partial charge on any atom is 0.140 e. The van der Waals surface area contributed by atoms with Gasteiger partial charge in [0.1, 0.15) is 24.0 Å². The first-order valence-electron chi connectivity index (χ1n) is 8.68. The zero-order chi connectivity index (χ0) is 19.2. The molecule has 1 atom stereocenters. The zero-order valence-corrected chi connectivity index (χ0v) is 15.6. The summed E-state index contributed by atoms with van der Waals surface area (Å²) in [6.45, 7) is 4.68. The van der Waals surface area contributed by atoms with E-state index in [1.807, 2.05) is 43.5 Å². The van der Waals surface area contributed by atoms with Crippen LogP contribution in [0.3, 0.4) is 0 Å². The lowest BCUT2D eigenvalue weighted by atomic mass is 9.97. The predicted molar refractivity (Wildman–Crippen MR) is 105 cm³/mol. The molecule has 6 nitrogen and oxygen atoms in total. The van der Waals surface area contributed by atoms with Crippen LogP contribution in [-0.4, -0.2) is 28.6 Å². The molecule has 1 unspecified atom stereocenters. The molecule has 0 aliphatic rings. The second kappa shape index (κ2) is 8.28. The van der Waals surface area contributed by atoms with Crippen LogP contribution in [0.2, 0.25) is 0 Å². The number of methoxy groups -OCH3 is 1. The van der Waals surface area contributed by atoms with Gasteiger partial charge >= 0.3 is 0 Å². The van der Waals surface area contributed by atoms with Gasteiger partial charge in [-0.1, -0.05) is 19.1 Å². The highest BCUT2D eigenvalue weighted by Crippen LogP contribution is 2.30. The van der Waals surface area contributed by atoms with E-state index in [2.05, 4.69) is 33.3 Å². The Morgan fingerprint density at radius 2 is 2.04 bits per heavy atom. The highest BCUT2D eigenvalue weighted by atomic mass is 16.5. The molecule has 3 rings (SSSR count). The lowest BCUT2D eigenvalue weighted by molar-refractivity contribution is 0.405. The van der Waals surface area contributed by atoms with Crippen molar-refractivity contribution in [3.8, 4) is 23.1 Å². The van der Waals surface area contributed by atoms with Crippen LogP contribution in [0.25, 0.3) is 11.3 Å². The number of nitrogens with zero attached hydrogens (tertiary/aromatic N) is 4. The molecule has 1 aromatic carbocycles. The summed E-state index contributed by atoms with van der Waals surface area (Å²) >= 11 is 0. The molecule has 0 aliphatic heterocycles. The van der Waals surface area contributed by atoms with E-state index >= 15 is 0 Å². The van der Waals surface area contributed by atoms with Crippen LogP contribution in [0.4, 0.5) is 5.82 Å². The van der Waals surface area contributed by atoms with E-state index in [0.717, 1.165) is 28.3 Å². The largest absolute Gasteiger partial charge is 0.495 e. The number of aryl methyl sites for hydroxylation is 1. The maximum atomic E-state index is 9.25.